The normalized spacial score (nSPS) is 12.2. The first kappa shape index (κ1) is 19.8. The van der Waals surface area contributed by atoms with Crippen LogP contribution in [0.3, 0.4) is 0 Å². The topological polar surface area (TPSA) is 73.3 Å². The zero-order valence-corrected chi connectivity index (χ0v) is 17.0. The van der Waals surface area contributed by atoms with Gasteiger partial charge in [0.05, 0.1) is 14.2 Å². The molecule has 2 aromatic carbocycles. The van der Waals surface area contributed by atoms with Gasteiger partial charge in [-0.2, -0.15) is 0 Å². The molecule has 3 aromatic rings. The summed E-state index contributed by atoms with van der Waals surface area (Å²) in [6, 6.07) is 13.7. The number of ether oxygens (including phenoxy) is 4. The molecule has 30 heavy (non-hydrogen) atoms. The van der Waals surface area contributed by atoms with Crippen molar-refractivity contribution < 1.29 is 24.1 Å². The molecule has 0 aliphatic carbocycles. The van der Waals surface area contributed by atoms with Crippen molar-refractivity contribution in [1.82, 2.24) is 9.88 Å². The van der Waals surface area contributed by atoms with E-state index in [9.17, 15) is 5.11 Å². The summed E-state index contributed by atoms with van der Waals surface area (Å²) in [7, 11) is 3.05. The van der Waals surface area contributed by atoms with Gasteiger partial charge in [-0.05, 0) is 53.1 Å². The lowest BCUT2D eigenvalue weighted by molar-refractivity contribution is 0.174. The lowest BCUT2D eigenvalue weighted by Crippen LogP contribution is -2.22. The Morgan fingerprint density at radius 1 is 0.833 bits per heavy atom. The summed E-state index contributed by atoms with van der Waals surface area (Å²) in [5, 5.41) is 10.2. The fourth-order valence-corrected chi connectivity index (χ4v) is 3.51. The number of aromatic hydroxyl groups is 1. The van der Waals surface area contributed by atoms with Gasteiger partial charge < -0.3 is 24.1 Å². The molecular formula is C23H24N2O5. The second kappa shape index (κ2) is 8.92. The molecular weight excluding hydrogens is 384 g/mol. The first-order chi connectivity index (χ1) is 14.7. The Morgan fingerprint density at radius 3 is 2.17 bits per heavy atom. The number of hydrogen-bond donors (Lipinski definition) is 1. The SMILES string of the molecule is COc1cc(CN(Cc2ccncc2)Cc2ccc3c(c2)OCO3)cc(OC)c1O. The van der Waals surface area contributed by atoms with Gasteiger partial charge in [-0.3, -0.25) is 9.88 Å². The molecule has 0 bridgehead atoms. The summed E-state index contributed by atoms with van der Waals surface area (Å²) < 4.78 is 21.6. The van der Waals surface area contributed by atoms with Gasteiger partial charge in [-0.15, -0.1) is 0 Å². The van der Waals surface area contributed by atoms with Crippen LogP contribution >= 0.6 is 0 Å². The van der Waals surface area contributed by atoms with Crippen LogP contribution in [-0.2, 0) is 19.6 Å². The average Bonchev–Trinajstić information content (AvgIpc) is 3.23. The van der Waals surface area contributed by atoms with Gasteiger partial charge in [0.2, 0.25) is 12.5 Å². The van der Waals surface area contributed by atoms with Gasteiger partial charge in [0, 0.05) is 32.0 Å². The van der Waals surface area contributed by atoms with Gasteiger partial charge in [0.1, 0.15) is 0 Å². The van der Waals surface area contributed by atoms with Crippen molar-refractivity contribution in [3.8, 4) is 28.7 Å². The largest absolute Gasteiger partial charge is 0.502 e. The summed E-state index contributed by atoms with van der Waals surface area (Å²) >= 11 is 0. The smallest absolute Gasteiger partial charge is 0.231 e. The molecule has 0 spiro atoms. The Balaban J connectivity index is 1.60. The molecule has 4 rings (SSSR count). The van der Waals surface area contributed by atoms with Crippen molar-refractivity contribution in [3.05, 3.63) is 71.5 Å². The molecule has 2 heterocycles. The second-order valence-electron chi connectivity index (χ2n) is 7.04. The van der Waals surface area contributed by atoms with Gasteiger partial charge in [0.15, 0.2) is 23.0 Å². The minimum atomic E-state index is 0.000190. The van der Waals surface area contributed by atoms with Crippen molar-refractivity contribution in [3.63, 3.8) is 0 Å². The summed E-state index contributed by atoms with van der Waals surface area (Å²) in [4.78, 5) is 6.40. The van der Waals surface area contributed by atoms with Crippen LogP contribution in [-0.4, -0.2) is 36.0 Å². The lowest BCUT2D eigenvalue weighted by atomic mass is 10.1. The van der Waals surface area contributed by atoms with Gasteiger partial charge in [-0.25, -0.2) is 0 Å². The number of aromatic nitrogens is 1. The summed E-state index contributed by atoms with van der Waals surface area (Å²) in [6.07, 6.45) is 3.58. The molecule has 1 N–H and O–H groups in total. The van der Waals surface area contributed by atoms with Crippen molar-refractivity contribution in [1.29, 1.82) is 0 Å². The highest BCUT2D eigenvalue weighted by molar-refractivity contribution is 5.52. The molecule has 1 aromatic heterocycles. The second-order valence-corrected chi connectivity index (χ2v) is 7.04. The number of fused-ring (bicyclic) bond motifs is 1. The van der Waals surface area contributed by atoms with Gasteiger partial charge in [0.25, 0.3) is 0 Å². The maximum atomic E-state index is 10.2. The third kappa shape index (κ3) is 4.41. The molecule has 156 valence electrons. The van der Waals surface area contributed by atoms with E-state index in [1.54, 1.807) is 12.4 Å². The Morgan fingerprint density at radius 2 is 1.47 bits per heavy atom. The predicted molar refractivity (Wildman–Crippen MR) is 111 cm³/mol. The first-order valence-electron chi connectivity index (χ1n) is 9.60. The average molecular weight is 408 g/mol. The van der Waals surface area contributed by atoms with Crippen LogP contribution < -0.4 is 18.9 Å². The zero-order chi connectivity index (χ0) is 20.9. The quantitative estimate of drug-likeness (QED) is 0.609. The molecule has 0 saturated carbocycles. The number of phenols is 1. The van der Waals surface area contributed by atoms with E-state index >= 15 is 0 Å². The Kier molecular flexibility index (Phi) is 5.90. The van der Waals surface area contributed by atoms with E-state index in [2.05, 4.69) is 9.88 Å². The van der Waals surface area contributed by atoms with E-state index in [-0.39, 0.29) is 12.5 Å². The Bertz CT molecular complexity index is 985. The third-order valence-corrected chi connectivity index (χ3v) is 4.94. The van der Waals surface area contributed by atoms with Gasteiger partial charge in [-0.1, -0.05) is 6.07 Å². The van der Waals surface area contributed by atoms with E-state index in [0.717, 1.165) is 34.7 Å². The highest BCUT2D eigenvalue weighted by Crippen LogP contribution is 2.38. The van der Waals surface area contributed by atoms with Crippen LogP contribution in [0.5, 0.6) is 28.7 Å². The van der Waals surface area contributed by atoms with Crippen LogP contribution in [0.2, 0.25) is 0 Å². The molecule has 0 radical (unpaired) electrons. The van der Waals surface area contributed by atoms with Crippen LogP contribution in [0.4, 0.5) is 0 Å². The van der Waals surface area contributed by atoms with E-state index in [4.69, 9.17) is 18.9 Å². The van der Waals surface area contributed by atoms with Crippen LogP contribution in [0.15, 0.2) is 54.9 Å². The van der Waals surface area contributed by atoms with E-state index < -0.39 is 0 Å². The van der Waals surface area contributed by atoms with Crippen molar-refractivity contribution in [2.45, 2.75) is 19.6 Å². The number of methoxy groups -OCH3 is 2. The number of hydrogen-bond acceptors (Lipinski definition) is 7. The molecule has 1 aliphatic heterocycles. The maximum absolute atomic E-state index is 10.2. The number of pyridine rings is 1. The summed E-state index contributed by atoms with van der Waals surface area (Å²) in [5.41, 5.74) is 3.24. The number of phenolic OH excluding ortho intramolecular Hbond substituents is 1. The molecule has 7 nitrogen and oxygen atoms in total. The molecule has 7 heteroatoms. The zero-order valence-electron chi connectivity index (χ0n) is 17.0. The number of benzene rings is 2. The third-order valence-electron chi connectivity index (χ3n) is 4.94. The minimum Gasteiger partial charge on any atom is -0.502 e. The van der Waals surface area contributed by atoms with E-state index in [1.807, 2.05) is 42.5 Å². The molecule has 1 aliphatic rings. The van der Waals surface area contributed by atoms with Crippen molar-refractivity contribution >= 4 is 0 Å². The highest BCUT2D eigenvalue weighted by atomic mass is 16.7. The monoisotopic (exact) mass is 408 g/mol. The van der Waals surface area contributed by atoms with Crippen molar-refractivity contribution in [2.75, 3.05) is 21.0 Å². The standard InChI is InChI=1S/C23H24N2O5/c1-27-21-10-18(11-22(28-2)23(21)26)14-25(12-16-5-7-24-8-6-16)13-17-3-4-19-20(9-17)30-15-29-19/h3-11,26H,12-15H2,1-2H3. The first-order valence-corrected chi connectivity index (χ1v) is 9.60. The molecule has 0 amide bonds. The lowest BCUT2D eigenvalue weighted by Gasteiger charge is -2.23. The van der Waals surface area contributed by atoms with Crippen molar-refractivity contribution in [2.24, 2.45) is 0 Å². The van der Waals surface area contributed by atoms with Crippen LogP contribution in [0.1, 0.15) is 16.7 Å². The number of rotatable bonds is 8. The minimum absolute atomic E-state index is 0.000190. The highest BCUT2D eigenvalue weighted by Gasteiger charge is 2.17. The van der Waals surface area contributed by atoms with Gasteiger partial charge >= 0.3 is 0 Å². The van der Waals surface area contributed by atoms with Crippen LogP contribution in [0, 0.1) is 0 Å². The molecule has 0 saturated heterocycles. The maximum Gasteiger partial charge on any atom is 0.231 e. The van der Waals surface area contributed by atoms with E-state index in [0.29, 0.717) is 24.6 Å². The van der Waals surface area contributed by atoms with E-state index in [1.165, 1.54) is 14.2 Å². The summed E-state index contributed by atoms with van der Waals surface area (Å²) in [5.74, 6) is 2.31. The predicted octanol–water partition coefficient (Wildman–Crippen LogP) is 3.74. The number of nitrogens with zero attached hydrogens (tertiary/aromatic N) is 2. The summed E-state index contributed by atoms with van der Waals surface area (Å²) in [6.45, 7) is 2.31. The molecule has 0 fully saturated rings. The molecule has 0 atom stereocenters. The Labute approximate surface area is 175 Å². The Hall–Kier alpha value is -3.45. The van der Waals surface area contributed by atoms with Crippen LogP contribution in [0.25, 0.3) is 0 Å². The fourth-order valence-electron chi connectivity index (χ4n) is 3.51. The fraction of sp³-hybridized carbons (Fsp3) is 0.261. The molecule has 0 unspecified atom stereocenters.